The Hall–Kier alpha value is -1.16. The van der Waals surface area contributed by atoms with Crippen LogP contribution in [-0.2, 0) is 19.1 Å². The zero-order valence-corrected chi connectivity index (χ0v) is 6.28. The van der Waals surface area contributed by atoms with Crippen molar-refractivity contribution >= 4 is 12.3 Å². The van der Waals surface area contributed by atoms with Crippen LogP contribution in [0.3, 0.4) is 0 Å². The highest BCUT2D eigenvalue weighted by atomic mass is 16.6. The molecule has 0 aliphatic carbocycles. The van der Waals surface area contributed by atoms with Gasteiger partial charge in [0.05, 0.1) is 6.61 Å². The fourth-order valence-electron chi connectivity index (χ4n) is 0.463. The Bertz CT molecular complexity index is 153. The van der Waals surface area contributed by atoms with Crippen LogP contribution in [0.4, 0.5) is 0 Å². The summed E-state index contributed by atoms with van der Waals surface area (Å²) >= 11 is 0. The normalized spacial score (nSPS) is 11.7. The summed E-state index contributed by atoms with van der Waals surface area (Å²) in [5, 5.41) is 0. The summed E-state index contributed by atoms with van der Waals surface area (Å²) in [5.41, 5.74) is 0. The van der Waals surface area contributed by atoms with Crippen molar-refractivity contribution in [3.63, 3.8) is 0 Å². The van der Waals surface area contributed by atoms with Gasteiger partial charge in [-0.15, -0.1) is 0 Å². The summed E-state index contributed by atoms with van der Waals surface area (Å²) in [6.07, 6.45) is 0.669. The molecule has 0 spiro atoms. The van der Waals surface area contributed by atoms with E-state index in [0.717, 1.165) is 6.08 Å². The van der Waals surface area contributed by atoms with Crippen LogP contribution in [0.15, 0.2) is 12.7 Å². The van der Waals surface area contributed by atoms with Crippen LogP contribution in [0, 0.1) is 0 Å². The summed E-state index contributed by atoms with van der Waals surface area (Å²) in [5.74, 6) is -0.626. The zero-order chi connectivity index (χ0) is 8.69. The van der Waals surface area contributed by atoms with Gasteiger partial charge in [-0.3, -0.25) is 4.79 Å². The molecule has 11 heavy (non-hydrogen) atoms. The molecule has 1 unspecified atom stereocenters. The molecule has 1 atom stereocenters. The molecule has 0 N–H and O–H groups in total. The van der Waals surface area contributed by atoms with Gasteiger partial charge in [-0.25, -0.2) is 4.79 Å². The van der Waals surface area contributed by atoms with Gasteiger partial charge in [0.25, 0.3) is 0 Å². The molecule has 0 heterocycles. The fraction of sp³-hybridized carbons (Fsp3) is 0.429. The molecule has 0 amide bonds. The molecular formula is C7H10O4. The van der Waals surface area contributed by atoms with Gasteiger partial charge in [0.2, 0.25) is 0 Å². The van der Waals surface area contributed by atoms with Crippen molar-refractivity contribution in [2.45, 2.75) is 6.10 Å². The summed E-state index contributed by atoms with van der Waals surface area (Å²) < 4.78 is 9.14. The van der Waals surface area contributed by atoms with Crippen LogP contribution in [0.1, 0.15) is 0 Å². The fourth-order valence-corrected chi connectivity index (χ4v) is 0.463. The molecule has 0 bridgehead atoms. The van der Waals surface area contributed by atoms with Crippen LogP contribution < -0.4 is 0 Å². The van der Waals surface area contributed by atoms with E-state index in [2.05, 4.69) is 16.1 Å². The lowest BCUT2D eigenvalue weighted by Crippen LogP contribution is -2.23. The summed E-state index contributed by atoms with van der Waals surface area (Å²) in [7, 11) is 1.41. The smallest absolute Gasteiger partial charge is 0.330 e. The van der Waals surface area contributed by atoms with Crippen molar-refractivity contribution in [2.24, 2.45) is 0 Å². The van der Waals surface area contributed by atoms with E-state index in [1.807, 2.05) is 0 Å². The molecule has 0 saturated carbocycles. The molecule has 0 aromatic rings. The Kier molecular flexibility index (Phi) is 5.02. The molecule has 4 heteroatoms. The van der Waals surface area contributed by atoms with Gasteiger partial charge in [0.15, 0.2) is 12.4 Å². The Labute approximate surface area is 64.8 Å². The molecule has 0 aliphatic rings. The molecule has 0 saturated heterocycles. The average molecular weight is 158 g/mol. The van der Waals surface area contributed by atoms with Gasteiger partial charge in [-0.2, -0.15) is 0 Å². The quantitative estimate of drug-likeness (QED) is 0.319. The van der Waals surface area contributed by atoms with E-state index >= 15 is 0 Å². The second kappa shape index (κ2) is 5.61. The van der Waals surface area contributed by atoms with E-state index in [-0.39, 0.29) is 6.61 Å². The molecule has 0 aromatic carbocycles. The minimum Gasteiger partial charge on any atom is -0.449 e. The minimum atomic E-state index is -0.828. The van der Waals surface area contributed by atoms with Crippen LogP contribution in [-0.4, -0.2) is 32.1 Å². The number of rotatable bonds is 5. The average Bonchev–Trinajstić information content (AvgIpc) is 2.03. The third kappa shape index (κ3) is 4.27. The van der Waals surface area contributed by atoms with Gasteiger partial charge in [0.1, 0.15) is 0 Å². The van der Waals surface area contributed by atoms with E-state index in [4.69, 9.17) is 0 Å². The van der Waals surface area contributed by atoms with Crippen molar-refractivity contribution in [3.8, 4) is 0 Å². The lowest BCUT2D eigenvalue weighted by atomic mass is 10.4. The number of hydrogen-bond acceptors (Lipinski definition) is 4. The lowest BCUT2D eigenvalue weighted by molar-refractivity contribution is -0.149. The molecule has 0 rings (SSSR count). The molecule has 4 nitrogen and oxygen atoms in total. The highest BCUT2D eigenvalue weighted by Crippen LogP contribution is 1.90. The molecule has 0 radical (unpaired) electrons. The monoisotopic (exact) mass is 158 g/mol. The number of esters is 1. The summed E-state index contributed by atoms with van der Waals surface area (Å²) in [4.78, 5) is 20.7. The predicted molar refractivity (Wildman–Crippen MR) is 38.0 cm³/mol. The SMILES string of the molecule is C=CC(=O)OC(C=O)COC. The Balaban J connectivity index is 3.76. The van der Waals surface area contributed by atoms with Crippen molar-refractivity contribution in [2.75, 3.05) is 13.7 Å². The molecule has 0 aliphatic heterocycles. The first-order chi connectivity index (χ1) is 5.24. The van der Waals surface area contributed by atoms with Crippen LogP contribution in [0.5, 0.6) is 0 Å². The highest BCUT2D eigenvalue weighted by Gasteiger charge is 2.09. The predicted octanol–water partition coefficient (Wildman–Crippen LogP) is -0.0705. The minimum absolute atomic E-state index is 0.0725. The van der Waals surface area contributed by atoms with Crippen LogP contribution in [0.2, 0.25) is 0 Å². The van der Waals surface area contributed by atoms with Crippen molar-refractivity contribution < 1.29 is 19.1 Å². The second-order valence-electron chi connectivity index (χ2n) is 1.77. The van der Waals surface area contributed by atoms with Gasteiger partial charge < -0.3 is 9.47 Å². The molecule has 0 fully saturated rings. The second-order valence-corrected chi connectivity index (χ2v) is 1.77. The Morgan fingerprint density at radius 2 is 2.36 bits per heavy atom. The highest BCUT2D eigenvalue weighted by molar-refractivity contribution is 5.82. The van der Waals surface area contributed by atoms with E-state index in [1.54, 1.807) is 0 Å². The Morgan fingerprint density at radius 3 is 2.73 bits per heavy atom. The third-order valence-corrected chi connectivity index (χ3v) is 0.917. The van der Waals surface area contributed by atoms with E-state index in [1.165, 1.54) is 7.11 Å². The van der Waals surface area contributed by atoms with E-state index < -0.39 is 12.1 Å². The lowest BCUT2D eigenvalue weighted by Gasteiger charge is -2.07. The maximum absolute atomic E-state index is 10.5. The standard InChI is InChI=1S/C7H10O4/c1-3-7(9)11-6(4-8)5-10-2/h3-4,6H,1,5H2,2H3. The van der Waals surface area contributed by atoms with Crippen molar-refractivity contribution in [1.29, 1.82) is 0 Å². The van der Waals surface area contributed by atoms with Crippen molar-refractivity contribution in [1.82, 2.24) is 0 Å². The molecule has 0 aromatic heterocycles. The summed E-state index contributed by atoms with van der Waals surface area (Å²) in [6, 6.07) is 0. The Morgan fingerprint density at radius 1 is 1.73 bits per heavy atom. The number of methoxy groups -OCH3 is 1. The van der Waals surface area contributed by atoms with Gasteiger partial charge in [-0.05, 0) is 0 Å². The van der Waals surface area contributed by atoms with Gasteiger partial charge in [-0.1, -0.05) is 6.58 Å². The van der Waals surface area contributed by atoms with Gasteiger partial charge >= 0.3 is 5.97 Å². The third-order valence-electron chi connectivity index (χ3n) is 0.917. The molecular weight excluding hydrogens is 148 g/mol. The number of hydrogen-bond donors (Lipinski definition) is 0. The van der Waals surface area contributed by atoms with E-state index in [9.17, 15) is 9.59 Å². The van der Waals surface area contributed by atoms with E-state index in [0.29, 0.717) is 6.29 Å². The topological polar surface area (TPSA) is 52.6 Å². The first-order valence-electron chi connectivity index (χ1n) is 3.02. The van der Waals surface area contributed by atoms with Crippen molar-refractivity contribution in [3.05, 3.63) is 12.7 Å². The largest absolute Gasteiger partial charge is 0.449 e. The number of carbonyl (C=O) groups is 2. The van der Waals surface area contributed by atoms with Gasteiger partial charge in [0, 0.05) is 13.2 Å². The molecule has 62 valence electrons. The maximum Gasteiger partial charge on any atom is 0.330 e. The number of carbonyl (C=O) groups excluding carboxylic acids is 2. The first-order valence-corrected chi connectivity index (χ1v) is 3.02. The zero-order valence-electron chi connectivity index (χ0n) is 6.28. The first kappa shape index (κ1) is 9.84. The van der Waals surface area contributed by atoms with Crippen LogP contribution >= 0.6 is 0 Å². The van der Waals surface area contributed by atoms with Crippen LogP contribution in [0.25, 0.3) is 0 Å². The maximum atomic E-state index is 10.5. The number of aldehydes is 1. The summed E-state index contributed by atoms with van der Waals surface area (Å²) in [6.45, 7) is 3.25. The number of ether oxygens (including phenoxy) is 2.